The Hall–Kier alpha value is -1.64. The number of thioether (sulfide) groups is 2. The molecule has 2 aromatic carbocycles. The van der Waals surface area contributed by atoms with Crippen molar-refractivity contribution in [2.24, 2.45) is 0 Å². The summed E-state index contributed by atoms with van der Waals surface area (Å²) >= 11 is 3.19. The minimum absolute atomic E-state index is 0.0893. The molecule has 0 bridgehead atoms. The van der Waals surface area contributed by atoms with E-state index in [1.54, 1.807) is 58.8 Å². The van der Waals surface area contributed by atoms with Gasteiger partial charge in [0.25, 0.3) is 10.0 Å². The maximum absolute atomic E-state index is 12.8. The van der Waals surface area contributed by atoms with Gasteiger partial charge in [-0.25, -0.2) is 8.42 Å². The van der Waals surface area contributed by atoms with Crippen LogP contribution in [-0.2, 0) is 14.8 Å². The Bertz CT molecular complexity index is 944. The number of fused-ring (bicyclic) bond motifs is 1. The number of nitrogens with one attached hydrogen (secondary N) is 1. The monoisotopic (exact) mass is 408 g/mol. The van der Waals surface area contributed by atoms with Crippen LogP contribution in [0.15, 0.2) is 57.2 Å². The van der Waals surface area contributed by atoms with Gasteiger partial charge in [-0.05, 0) is 42.7 Å². The number of benzene rings is 2. The predicted molar refractivity (Wildman–Crippen MR) is 109 cm³/mol. The SMILES string of the molecule is CSc1cccc(NS(=O)(=O)c2ccc3c(c2)N(C(C)=O)CC(C)S3)c1. The summed E-state index contributed by atoms with van der Waals surface area (Å²) in [5.41, 5.74) is 1.17. The number of hydrogen-bond acceptors (Lipinski definition) is 5. The fourth-order valence-electron chi connectivity index (χ4n) is 2.78. The normalized spacial score (nSPS) is 16.9. The van der Waals surface area contributed by atoms with Gasteiger partial charge in [0, 0.05) is 34.2 Å². The zero-order chi connectivity index (χ0) is 18.9. The fraction of sp³-hybridized carbons (Fsp3) is 0.278. The molecule has 2 aromatic rings. The number of rotatable bonds is 4. The van der Waals surface area contributed by atoms with Crippen LogP contribution in [-0.4, -0.2) is 32.4 Å². The summed E-state index contributed by atoms with van der Waals surface area (Å²) in [4.78, 5) is 15.7. The number of carbonyl (C=O) groups excluding carboxylic acids is 1. The summed E-state index contributed by atoms with van der Waals surface area (Å²) < 4.78 is 28.2. The summed E-state index contributed by atoms with van der Waals surface area (Å²) in [5.74, 6) is -0.0893. The van der Waals surface area contributed by atoms with Gasteiger partial charge in [0.05, 0.1) is 10.6 Å². The van der Waals surface area contributed by atoms with E-state index in [4.69, 9.17) is 0 Å². The molecule has 1 amide bonds. The molecule has 1 aliphatic heterocycles. The average Bonchev–Trinajstić information content (AvgIpc) is 2.60. The molecule has 26 heavy (non-hydrogen) atoms. The molecule has 1 heterocycles. The second-order valence-electron chi connectivity index (χ2n) is 6.03. The van der Waals surface area contributed by atoms with E-state index in [1.165, 1.54) is 6.92 Å². The molecule has 0 fully saturated rings. The molecular formula is C18H20N2O3S3. The molecule has 3 rings (SSSR count). The van der Waals surface area contributed by atoms with Crippen molar-refractivity contribution < 1.29 is 13.2 Å². The molecule has 1 N–H and O–H groups in total. The Morgan fingerprint density at radius 2 is 2.04 bits per heavy atom. The van der Waals surface area contributed by atoms with E-state index in [1.807, 2.05) is 18.4 Å². The van der Waals surface area contributed by atoms with E-state index in [-0.39, 0.29) is 16.1 Å². The number of anilines is 2. The van der Waals surface area contributed by atoms with Crippen LogP contribution in [0.25, 0.3) is 0 Å². The Morgan fingerprint density at radius 3 is 2.73 bits per heavy atom. The zero-order valence-electron chi connectivity index (χ0n) is 14.7. The summed E-state index contributed by atoms with van der Waals surface area (Å²) in [6, 6.07) is 12.2. The molecule has 0 saturated heterocycles. The standard InChI is InChI=1S/C18H20N2O3S3/c1-12-11-20(13(2)21)17-10-16(7-8-18(17)25-12)26(22,23)19-14-5-4-6-15(9-14)24-3/h4-10,12,19H,11H2,1-3H3. The molecule has 1 unspecified atom stereocenters. The van der Waals surface area contributed by atoms with Crippen LogP contribution in [0.1, 0.15) is 13.8 Å². The van der Waals surface area contributed by atoms with E-state index >= 15 is 0 Å². The molecule has 0 aliphatic carbocycles. The molecule has 1 atom stereocenters. The molecule has 8 heteroatoms. The van der Waals surface area contributed by atoms with Crippen LogP contribution in [0.4, 0.5) is 11.4 Å². The quantitative estimate of drug-likeness (QED) is 0.773. The minimum Gasteiger partial charge on any atom is -0.310 e. The Balaban J connectivity index is 1.96. The first kappa shape index (κ1) is 19.1. The lowest BCUT2D eigenvalue weighted by Gasteiger charge is -2.32. The average molecular weight is 409 g/mol. The summed E-state index contributed by atoms with van der Waals surface area (Å²) in [6.07, 6.45) is 1.94. The first-order valence-corrected chi connectivity index (χ1v) is 11.6. The van der Waals surface area contributed by atoms with E-state index < -0.39 is 10.0 Å². The highest BCUT2D eigenvalue weighted by molar-refractivity contribution is 8.00. The van der Waals surface area contributed by atoms with Gasteiger partial charge < -0.3 is 4.90 Å². The van der Waals surface area contributed by atoms with Gasteiger partial charge >= 0.3 is 0 Å². The van der Waals surface area contributed by atoms with Gasteiger partial charge in [0.1, 0.15) is 0 Å². The highest BCUT2D eigenvalue weighted by Gasteiger charge is 2.27. The first-order valence-electron chi connectivity index (χ1n) is 8.06. The van der Waals surface area contributed by atoms with Crippen LogP contribution in [0, 0.1) is 0 Å². The molecule has 0 saturated carbocycles. The van der Waals surface area contributed by atoms with Gasteiger partial charge in [0.15, 0.2) is 0 Å². The third kappa shape index (κ3) is 4.02. The van der Waals surface area contributed by atoms with E-state index in [0.29, 0.717) is 17.9 Å². The van der Waals surface area contributed by atoms with Crippen LogP contribution in [0.2, 0.25) is 0 Å². The Morgan fingerprint density at radius 1 is 1.27 bits per heavy atom. The molecular weight excluding hydrogens is 388 g/mol. The van der Waals surface area contributed by atoms with Crippen molar-refractivity contribution in [2.75, 3.05) is 22.4 Å². The highest BCUT2D eigenvalue weighted by Crippen LogP contribution is 2.39. The number of amides is 1. The maximum atomic E-state index is 12.8. The van der Waals surface area contributed by atoms with Crippen molar-refractivity contribution in [1.82, 2.24) is 0 Å². The van der Waals surface area contributed by atoms with Crippen molar-refractivity contribution in [3.8, 4) is 0 Å². The summed E-state index contributed by atoms with van der Waals surface area (Å²) in [5, 5.41) is 0.265. The van der Waals surface area contributed by atoms with Crippen LogP contribution >= 0.6 is 23.5 Å². The lowest BCUT2D eigenvalue weighted by molar-refractivity contribution is -0.116. The van der Waals surface area contributed by atoms with E-state index in [0.717, 1.165) is 9.79 Å². The summed E-state index contributed by atoms with van der Waals surface area (Å²) in [7, 11) is -3.74. The molecule has 1 aliphatic rings. The molecule has 0 spiro atoms. The maximum Gasteiger partial charge on any atom is 0.261 e. The van der Waals surface area contributed by atoms with Crippen LogP contribution in [0.5, 0.6) is 0 Å². The third-order valence-electron chi connectivity index (χ3n) is 4.00. The summed E-state index contributed by atoms with van der Waals surface area (Å²) in [6.45, 7) is 4.12. The fourth-order valence-corrected chi connectivity index (χ4v) is 5.41. The lowest BCUT2D eigenvalue weighted by atomic mass is 10.2. The number of carbonyl (C=O) groups is 1. The Kier molecular flexibility index (Phi) is 5.55. The van der Waals surface area contributed by atoms with Gasteiger partial charge in [-0.15, -0.1) is 23.5 Å². The van der Waals surface area contributed by atoms with Crippen molar-refractivity contribution >= 4 is 50.8 Å². The molecule has 0 radical (unpaired) electrons. The van der Waals surface area contributed by atoms with Gasteiger partial charge in [0.2, 0.25) is 5.91 Å². The van der Waals surface area contributed by atoms with E-state index in [9.17, 15) is 13.2 Å². The number of sulfonamides is 1. The second kappa shape index (κ2) is 7.54. The number of hydrogen-bond donors (Lipinski definition) is 1. The minimum atomic E-state index is -3.74. The number of nitrogens with zero attached hydrogens (tertiary/aromatic N) is 1. The van der Waals surface area contributed by atoms with E-state index in [2.05, 4.69) is 11.6 Å². The van der Waals surface area contributed by atoms with Crippen molar-refractivity contribution in [1.29, 1.82) is 0 Å². The van der Waals surface area contributed by atoms with Crippen LogP contribution < -0.4 is 9.62 Å². The van der Waals surface area contributed by atoms with Gasteiger partial charge in [-0.2, -0.15) is 0 Å². The van der Waals surface area contributed by atoms with Crippen LogP contribution in [0.3, 0.4) is 0 Å². The van der Waals surface area contributed by atoms with Gasteiger partial charge in [-0.1, -0.05) is 13.0 Å². The first-order chi connectivity index (χ1) is 12.3. The Labute approximate surface area is 162 Å². The topological polar surface area (TPSA) is 66.5 Å². The van der Waals surface area contributed by atoms with Crippen molar-refractivity contribution in [3.63, 3.8) is 0 Å². The molecule has 0 aromatic heterocycles. The lowest BCUT2D eigenvalue weighted by Crippen LogP contribution is -2.37. The predicted octanol–water partition coefficient (Wildman–Crippen LogP) is 4.06. The third-order valence-corrected chi connectivity index (χ3v) is 7.26. The van der Waals surface area contributed by atoms with Crippen molar-refractivity contribution in [2.45, 2.75) is 33.8 Å². The van der Waals surface area contributed by atoms with Crippen molar-refractivity contribution in [3.05, 3.63) is 42.5 Å². The smallest absolute Gasteiger partial charge is 0.261 e. The highest BCUT2D eigenvalue weighted by atomic mass is 32.2. The molecule has 5 nitrogen and oxygen atoms in total. The molecule has 138 valence electrons. The largest absolute Gasteiger partial charge is 0.310 e. The zero-order valence-corrected chi connectivity index (χ0v) is 17.2. The second-order valence-corrected chi connectivity index (χ2v) is 10.1. The van der Waals surface area contributed by atoms with Gasteiger partial charge in [-0.3, -0.25) is 9.52 Å².